The van der Waals surface area contributed by atoms with E-state index in [1.165, 1.54) is 0 Å². The fourth-order valence-corrected chi connectivity index (χ4v) is 4.00. The number of fused-ring (bicyclic) bond motifs is 1. The molecule has 2 aliphatic heterocycles. The minimum Gasteiger partial charge on any atom is -0.505 e. The second-order valence-electron chi connectivity index (χ2n) is 6.92. The van der Waals surface area contributed by atoms with Crippen molar-refractivity contribution in [1.29, 1.82) is 0 Å². The molecule has 1 fully saturated rings. The standard InChI is InChI=1S/C20H23N3O3/c1-3-4-17(24)18-19(13-7-8-26-10-13)23(12(2)20(18)25)14-5-6-15-16(9-14)22-11-21-15/h5-6,9,11,13,19,25H,2-4,7-8,10H2,1H3,(H,21,22). The van der Waals surface area contributed by atoms with Crippen LogP contribution in [0.15, 0.2) is 48.1 Å². The number of anilines is 1. The smallest absolute Gasteiger partial charge is 0.164 e. The molecule has 1 aromatic heterocycles. The number of hydrogen-bond acceptors (Lipinski definition) is 5. The number of rotatable bonds is 5. The molecule has 2 atom stereocenters. The minimum atomic E-state index is -0.246. The summed E-state index contributed by atoms with van der Waals surface area (Å²) in [7, 11) is 0. The summed E-state index contributed by atoms with van der Waals surface area (Å²) in [4.78, 5) is 22.1. The molecule has 0 radical (unpaired) electrons. The lowest BCUT2D eigenvalue weighted by molar-refractivity contribution is -0.116. The van der Waals surface area contributed by atoms with E-state index in [-0.39, 0.29) is 23.5 Å². The van der Waals surface area contributed by atoms with Gasteiger partial charge in [0.1, 0.15) is 5.76 Å². The first kappa shape index (κ1) is 16.8. The van der Waals surface area contributed by atoms with Gasteiger partial charge in [-0.3, -0.25) is 4.79 Å². The highest BCUT2D eigenvalue weighted by atomic mass is 16.5. The van der Waals surface area contributed by atoms with Crippen LogP contribution in [0.5, 0.6) is 0 Å². The number of carbonyl (C=O) groups excluding carboxylic acids is 1. The maximum absolute atomic E-state index is 12.8. The average Bonchev–Trinajstić information content (AvgIpc) is 3.35. The monoisotopic (exact) mass is 353 g/mol. The molecule has 0 bridgehead atoms. The second kappa shape index (κ2) is 6.61. The van der Waals surface area contributed by atoms with Crippen LogP contribution in [-0.2, 0) is 9.53 Å². The van der Waals surface area contributed by atoms with E-state index in [0.29, 0.717) is 30.9 Å². The van der Waals surface area contributed by atoms with Crippen LogP contribution in [0.2, 0.25) is 0 Å². The molecule has 2 aromatic rings. The Bertz CT molecular complexity index is 893. The predicted molar refractivity (Wildman–Crippen MR) is 100.0 cm³/mol. The van der Waals surface area contributed by atoms with Crippen LogP contribution in [0.3, 0.4) is 0 Å². The van der Waals surface area contributed by atoms with Gasteiger partial charge in [0.05, 0.1) is 41.3 Å². The van der Waals surface area contributed by atoms with Gasteiger partial charge in [0, 0.05) is 24.6 Å². The molecular formula is C20H23N3O3. The Morgan fingerprint density at radius 3 is 3.08 bits per heavy atom. The molecular weight excluding hydrogens is 330 g/mol. The Morgan fingerprint density at radius 1 is 1.50 bits per heavy atom. The zero-order valence-corrected chi connectivity index (χ0v) is 14.9. The lowest BCUT2D eigenvalue weighted by Gasteiger charge is -2.32. The number of benzene rings is 1. The number of aromatic amines is 1. The maximum atomic E-state index is 12.8. The van der Waals surface area contributed by atoms with Gasteiger partial charge in [0.2, 0.25) is 0 Å². The van der Waals surface area contributed by atoms with Crippen LogP contribution in [0.25, 0.3) is 11.0 Å². The van der Waals surface area contributed by atoms with E-state index >= 15 is 0 Å². The van der Waals surface area contributed by atoms with E-state index in [1.54, 1.807) is 6.33 Å². The maximum Gasteiger partial charge on any atom is 0.164 e. The minimum absolute atomic E-state index is 0.00633. The molecule has 6 heteroatoms. The average molecular weight is 353 g/mol. The summed E-state index contributed by atoms with van der Waals surface area (Å²) in [5.41, 5.74) is 3.62. The number of aromatic nitrogens is 2. The van der Waals surface area contributed by atoms with E-state index in [1.807, 2.05) is 30.0 Å². The Hall–Kier alpha value is -2.60. The highest BCUT2D eigenvalue weighted by molar-refractivity contribution is 6.00. The third kappa shape index (κ3) is 2.61. The molecule has 0 aliphatic carbocycles. The fourth-order valence-electron chi connectivity index (χ4n) is 4.00. The van der Waals surface area contributed by atoms with Gasteiger partial charge in [-0.25, -0.2) is 4.98 Å². The number of imidazole rings is 1. The number of hydrogen-bond donors (Lipinski definition) is 2. The van der Waals surface area contributed by atoms with Crippen molar-refractivity contribution in [3.63, 3.8) is 0 Å². The third-order valence-electron chi connectivity index (χ3n) is 5.26. The quantitative estimate of drug-likeness (QED) is 0.860. The predicted octanol–water partition coefficient (Wildman–Crippen LogP) is 3.48. The number of aliphatic hydroxyl groups excluding tert-OH is 1. The summed E-state index contributed by atoms with van der Waals surface area (Å²) in [5, 5.41) is 10.7. The molecule has 2 aliphatic rings. The lowest BCUT2D eigenvalue weighted by Crippen LogP contribution is -2.39. The first-order valence-corrected chi connectivity index (χ1v) is 9.07. The molecule has 26 heavy (non-hydrogen) atoms. The second-order valence-corrected chi connectivity index (χ2v) is 6.92. The zero-order valence-electron chi connectivity index (χ0n) is 14.9. The number of ketones is 1. The first-order valence-electron chi connectivity index (χ1n) is 9.07. The van der Waals surface area contributed by atoms with E-state index in [4.69, 9.17) is 4.74 Å². The van der Waals surface area contributed by atoms with Crippen molar-refractivity contribution in [3.05, 3.63) is 48.1 Å². The largest absolute Gasteiger partial charge is 0.505 e. The van der Waals surface area contributed by atoms with Gasteiger partial charge in [-0.2, -0.15) is 0 Å². The lowest BCUT2D eigenvalue weighted by atomic mass is 9.89. The molecule has 1 aromatic carbocycles. The number of nitrogens with zero attached hydrogens (tertiary/aromatic N) is 2. The van der Waals surface area contributed by atoms with Crippen LogP contribution < -0.4 is 4.90 Å². The highest BCUT2D eigenvalue weighted by Crippen LogP contribution is 2.42. The van der Waals surface area contributed by atoms with Gasteiger partial charge in [0.25, 0.3) is 0 Å². The normalized spacial score (nSPS) is 23.4. The van der Waals surface area contributed by atoms with Crippen molar-refractivity contribution < 1.29 is 14.6 Å². The molecule has 3 heterocycles. The summed E-state index contributed by atoms with van der Waals surface area (Å²) in [6.07, 6.45) is 3.68. The van der Waals surface area contributed by atoms with Crippen molar-refractivity contribution >= 4 is 22.5 Å². The summed E-state index contributed by atoms with van der Waals surface area (Å²) >= 11 is 0. The summed E-state index contributed by atoms with van der Waals surface area (Å²) in [6.45, 7) is 7.30. The SMILES string of the molecule is C=C1C(O)=C(C(=O)CCC)C(C2CCOC2)N1c1ccc2nc[nH]c2c1. The zero-order chi connectivity index (χ0) is 18.3. The number of H-pyrrole nitrogens is 1. The van der Waals surface area contributed by atoms with Crippen LogP contribution in [-0.4, -0.2) is 40.1 Å². The van der Waals surface area contributed by atoms with Crippen molar-refractivity contribution in [1.82, 2.24) is 9.97 Å². The van der Waals surface area contributed by atoms with Gasteiger partial charge in [0.15, 0.2) is 5.78 Å². The molecule has 6 nitrogen and oxygen atoms in total. The Kier molecular flexibility index (Phi) is 4.28. The fraction of sp³-hybridized carbons (Fsp3) is 0.400. The van der Waals surface area contributed by atoms with Gasteiger partial charge >= 0.3 is 0 Å². The number of nitrogens with one attached hydrogen (secondary N) is 1. The van der Waals surface area contributed by atoms with Gasteiger partial charge in [-0.05, 0) is 31.0 Å². The Labute approximate surface area is 152 Å². The van der Waals surface area contributed by atoms with Crippen LogP contribution in [0.1, 0.15) is 26.2 Å². The van der Waals surface area contributed by atoms with Crippen molar-refractivity contribution in [2.75, 3.05) is 18.1 Å². The number of ether oxygens (including phenoxy) is 1. The van der Waals surface area contributed by atoms with Crippen molar-refractivity contribution in [2.45, 2.75) is 32.2 Å². The van der Waals surface area contributed by atoms with Crippen LogP contribution in [0, 0.1) is 5.92 Å². The van der Waals surface area contributed by atoms with E-state index < -0.39 is 0 Å². The van der Waals surface area contributed by atoms with Gasteiger partial charge in [-0.1, -0.05) is 13.5 Å². The van der Waals surface area contributed by atoms with Crippen molar-refractivity contribution in [2.24, 2.45) is 5.92 Å². The molecule has 0 spiro atoms. The molecule has 0 saturated carbocycles. The number of carbonyl (C=O) groups is 1. The Balaban J connectivity index is 1.79. The number of Topliss-reactive ketones (excluding diaryl/α,β-unsaturated/α-hetero) is 1. The van der Waals surface area contributed by atoms with E-state index in [2.05, 4.69) is 16.5 Å². The molecule has 1 saturated heterocycles. The third-order valence-corrected chi connectivity index (χ3v) is 5.26. The molecule has 136 valence electrons. The topological polar surface area (TPSA) is 78.5 Å². The van der Waals surface area contributed by atoms with E-state index in [9.17, 15) is 9.90 Å². The van der Waals surface area contributed by atoms with E-state index in [0.717, 1.165) is 29.6 Å². The van der Waals surface area contributed by atoms with Crippen LogP contribution >= 0.6 is 0 Å². The van der Waals surface area contributed by atoms with Crippen LogP contribution in [0.4, 0.5) is 5.69 Å². The summed E-state index contributed by atoms with van der Waals surface area (Å²) < 4.78 is 5.58. The molecule has 2 unspecified atom stereocenters. The summed E-state index contributed by atoms with van der Waals surface area (Å²) in [6, 6.07) is 5.62. The van der Waals surface area contributed by atoms with Gasteiger partial charge < -0.3 is 19.7 Å². The molecule has 0 amide bonds. The Morgan fingerprint density at radius 2 is 2.35 bits per heavy atom. The molecule has 4 rings (SSSR count). The van der Waals surface area contributed by atoms with Gasteiger partial charge in [-0.15, -0.1) is 0 Å². The summed E-state index contributed by atoms with van der Waals surface area (Å²) in [5.74, 6) is 0.155. The van der Waals surface area contributed by atoms with Crippen molar-refractivity contribution in [3.8, 4) is 0 Å². The molecule has 2 N–H and O–H groups in total. The highest BCUT2D eigenvalue weighted by Gasteiger charge is 2.44. The first-order chi connectivity index (χ1) is 12.6. The number of aliphatic hydroxyl groups is 1.